The van der Waals surface area contributed by atoms with Gasteiger partial charge in [0.15, 0.2) is 6.10 Å². The van der Waals surface area contributed by atoms with Crippen LogP contribution in [0.1, 0.15) is 361 Å². The Labute approximate surface area is 464 Å². The highest BCUT2D eigenvalue weighted by Crippen LogP contribution is 2.43. The van der Waals surface area contributed by atoms with Crippen molar-refractivity contribution in [3.63, 3.8) is 0 Å². The van der Waals surface area contributed by atoms with Crippen molar-refractivity contribution in [3.05, 3.63) is 0 Å². The van der Waals surface area contributed by atoms with E-state index in [4.69, 9.17) is 23.6 Å². The Morgan fingerprint density at radius 1 is 0.347 bits per heavy atom. The zero-order valence-corrected chi connectivity index (χ0v) is 50.7. The van der Waals surface area contributed by atoms with Gasteiger partial charge in [0, 0.05) is 12.8 Å². The molecular formula is C64H127O10P. The number of esters is 2. The normalized spacial score (nSPS) is 13.3. The van der Waals surface area contributed by atoms with Crippen LogP contribution in [0.4, 0.5) is 0 Å². The summed E-state index contributed by atoms with van der Waals surface area (Å²) in [4.78, 5) is 35.4. The lowest BCUT2D eigenvalue weighted by atomic mass is 10.0. The van der Waals surface area contributed by atoms with E-state index in [9.17, 15) is 24.2 Å². The minimum absolute atomic E-state index is 0.194. The molecule has 0 aliphatic rings. The summed E-state index contributed by atoms with van der Waals surface area (Å²) < 4.78 is 33.1. The van der Waals surface area contributed by atoms with Gasteiger partial charge in [-0.3, -0.25) is 18.6 Å². The third kappa shape index (κ3) is 60.5. The second-order valence-electron chi connectivity index (χ2n) is 22.9. The van der Waals surface area contributed by atoms with Crippen LogP contribution >= 0.6 is 7.82 Å². The number of aliphatic hydroxyl groups is 2. The Morgan fingerprint density at radius 2 is 0.573 bits per heavy atom. The van der Waals surface area contributed by atoms with Crippen molar-refractivity contribution in [2.75, 3.05) is 26.4 Å². The Bertz CT molecular complexity index is 1200. The monoisotopic (exact) mass is 1090 g/mol. The summed E-state index contributed by atoms with van der Waals surface area (Å²) in [5.41, 5.74) is 0. The fraction of sp³-hybridized carbons (Fsp3) is 0.969. The SMILES string of the molecule is CCCCCCCCCCCCCCCCCCCCCCCCCCCCC(=O)OC[C@H](COP(=O)(O)OC[C@@H](O)CO)OC(=O)CCCCCCCCCCCCCCCCCCCCCCCCCCCC. The van der Waals surface area contributed by atoms with Gasteiger partial charge in [0.1, 0.15) is 12.7 Å². The first-order valence-corrected chi connectivity index (χ1v) is 34.5. The smallest absolute Gasteiger partial charge is 0.462 e. The Morgan fingerprint density at radius 3 is 0.827 bits per heavy atom. The molecule has 0 amide bonds. The van der Waals surface area contributed by atoms with E-state index in [1.807, 2.05) is 0 Å². The number of rotatable bonds is 64. The van der Waals surface area contributed by atoms with E-state index in [2.05, 4.69) is 13.8 Å². The minimum Gasteiger partial charge on any atom is -0.462 e. The van der Waals surface area contributed by atoms with Crippen LogP contribution in [0.15, 0.2) is 0 Å². The van der Waals surface area contributed by atoms with E-state index in [0.717, 1.165) is 32.1 Å². The van der Waals surface area contributed by atoms with Gasteiger partial charge in [-0.05, 0) is 12.8 Å². The number of carbonyl (C=O) groups is 2. The van der Waals surface area contributed by atoms with Crippen molar-refractivity contribution < 1.29 is 47.8 Å². The minimum atomic E-state index is -4.62. The molecule has 0 fully saturated rings. The number of hydrogen-bond acceptors (Lipinski definition) is 9. The fourth-order valence-electron chi connectivity index (χ4n) is 10.2. The first-order valence-electron chi connectivity index (χ1n) is 33.0. The molecule has 0 aliphatic heterocycles. The van der Waals surface area contributed by atoms with Gasteiger partial charge in [0.05, 0.1) is 19.8 Å². The van der Waals surface area contributed by atoms with Crippen molar-refractivity contribution in [1.82, 2.24) is 0 Å². The summed E-state index contributed by atoms with van der Waals surface area (Å²) in [7, 11) is -4.62. The predicted molar refractivity (Wildman–Crippen MR) is 316 cm³/mol. The molecule has 0 aromatic heterocycles. The van der Waals surface area contributed by atoms with Gasteiger partial charge in [0.25, 0.3) is 0 Å². The molecule has 3 atom stereocenters. The van der Waals surface area contributed by atoms with Gasteiger partial charge in [-0.15, -0.1) is 0 Å². The maximum Gasteiger partial charge on any atom is 0.472 e. The lowest BCUT2D eigenvalue weighted by molar-refractivity contribution is -0.161. The van der Waals surface area contributed by atoms with Gasteiger partial charge >= 0.3 is 19.8 Å². The second-order valence-corrected chi connectivity index (χ2v) is 24.3. The van der Waals surface area contributed by atoms with Crippen molar-refractivity contribution >= 4 is 19.8 Å². The summed E-state index contributed by atoms with van der Waals surface area (Å²) in [6.45, 7) is 2.50. The number of carbonyl (C=O) groups excluding carboxylic acids is 2. The molecule has 11 heteroatoms. The molecule has 75 heavy (non-hydrogen) atoms. The summed E-state index contributed by atoms with van der Waals surface area (Å²) in [6.07, 6.45) is 66.8. The van der Waals surface area contributed by atoms with Crippen molar-refractivity contribution in [3.8, 4) is 0 Å². The maximum absolute atomic E-state index is 12.8. The largest absolute Gasteiger partial charge is 0.472 e. The van der Waals surface area contributed by atoms with E-state index in [1.165, 1.54) is 289 Å². The molecule has 0 aliphatic carbocycles. The first-order chi connectivity index (χ1) is 36.7. The molecule has 0 rings (SSSR count). The lowest BCUT2D eigenvalue weighted by Gasteiger charge is -2.20. The highest BCUT2D eigenvalue weighted by molar-refractivity contribution is 7.47. The van der Waals surface area contributed by atoms with Gasteiger partial charge in [0.2, 0.25) is 0 Å². The highest BCUT2D eigenvalue weighted by atomic mass is 31.2. The molecule has 448 valence electrons. The summed E-state index contributed by atoms with van der Waals surface area (Å²) in [5, 5.41) is 18.5. The number of unbranched alkanes of at least 4 members (excludes halogenated alkanes) is 50. The first kappa shape index (κ1) is 74.0. The van der Waals surface area contributed by atoms with Crippen LogP contribution in [0.3, 0.4) is 0 Å². The van der Waals surface area contributed by atoms with Crippen molar-refractivity contribution in [2.45, 2.75) is 373 Å². The van der Waals surface area contributed by atoms with Crippen LogP contribution in [0.2, 0.25) is 0 Å². The molecule has 0 radical (unpaired) electrons. The molecule has 0 saturated carbocycles. The Balaban J connectivity index is 3.95. The quantitative estimate of drug-likeness (QED) is 0.0305. The van der Waals surface area contributed by atoms with Crippen LogP contribution in [0, 0.1) is 0 Å². The van der Waals surface area contributed by atoms with Crippen LogP contribution in [-0.2, 0) is 32.7 Å². The molecular weight excluding hydrogens is 960 g/mol. The number of hydrogen-bond donors (Lipinski definition) is 3. The predicted octanol–water partition coefficient (Wildman–Crippen LogP) is 20.0. The number of ether oxygens (including phenoxy) is 2. The molecule has 0 aromatic carbocycles. The summed E-state index contributed by atoms with van der Waals surface area (Å²) >= 11 is 0. The molecule has 1 unspecified atom stereocenters. The Hall–Kier alpha value is -1.03. The van der Waals surface area contributed by atoms with E-state index < -0.39 is 51.8 Å². The third-order valence-electron chi connectivity index (χ3n) is 15.3. The molecule has 0 saturated heterocycles. The average molecular weight is 1090 g/mol. The number of phosphoric acid groups is 1. The van der Waals surface area contributed by atoms with Gasteiger partial charge in [-0.2, -0.15) is 0 Å². The second kappa shape index (κ2) is 60.6. The zero-order valence-electron chi connectivity index (χ0n) is 49.8. The molecule has 10 nitrogen and oxygen atoms in total. The van der Waals surface area contributed by atoms with Gasteiger partial charge in [-0.25, -0.2) is 4.57 Å². The molecule has 0 spiro atoms. The fourth-order valence-corrected chi connectivity index (χ4v) is 11.0. The van der Waals surface area contributed by atoms with E-state index in [-0.39, 0.29) is 19.4 Å². The van der Waals surface area contributed by atoms with E-state index in [0.29, 0.717) is 12.8 Å². The average Bonchev–Trinajstić information content (AvgIpc) is 3.40. The summed E-state index contributed by atoms with van der Waals surface area (Å²) in [6, 6.07) is 0. The molecule has 0 heterocycles. The summed E-state index contributed by atoms with van der Waals surface area (Å²) in [5.74, 6) is -0.894. The zero-order chi connectivity index (χ0) is 54.7. The Kier molecular flexibility index (Phi) is 59.8. The van der Waals surface area contributed by atoms with E-state index >= 15 is 0 Å². The van der Waals surface area contributed by atoms with Crippen LogP contribution in [-0.4, -0.2) is 65.7 Å². The van der Waals surface area contributed by atoms with Crippen LogP contribution < -0.4 is 0 Å². The van der Waals surface area contributed by atoms with Crippen LogP contribution in [0.25, 0.3) is 0 Å². The van der Waals surface area contributed by atoms with Crippen molar-refractivity contribution in [1.29, 1.82) is 0 Å². The highest BCUT2D eigenvalue weighted by Gasteiger charge is 2.27. The maximum atomic E-state index is 12.8. The lowest BCUT2D eigenvalue weighted by Crippen LogP contribution is -2.29. The van der Waals surface area contributed by atoms with E-state index in [1.54, 1.807) is 0 Å². The standard InChI is InChI=1S/C64H127O10P/c1-3-5-7-9-11-13-15-17-19-21-23-25-27-29-31-33-35-37-39-41-43-45-47-49-51-53-55-63(67)71-59-62(60-73-75(69,70)72-58-61(66)57-65)74-64(68)56-54-52-50-48-46-44-42-40-38-36-34-32-30-28-26-24-22-20-18-16-14-12-10-8-6-4-2/h61-62,65-66H,3-60H2,1-2H3,(H,69,70)/t61-,62+/m0/s1. The van der Waals surface area contributed by atoms with Crippen molar-refractivity contribution in [2.24, 2.45) is 0 Å². The molecule has 0 bridgehead atoms. The third-order valence-corrected chi connectivity index (χ3v) is 16.2. The number of aliphatic hydroxyl groups excluding tert-OH is 2. The number of phosphoric ester groups is 1. The van der Waals surface area contributed by atoms with Gasteiger partial charge < -0.3 is 24.6 Å². The van der Waals surface area contributed by atoms with Gasteiger partial charge in [-0.1, -0.05) is 335 Å². The van der Waals surface area contributed by atoms with Crippen LogP contribution in [0.5, 0.6) is 0 Å². The molecule has 0 aromatic rings. The molecule has 3 N–H and O–H groups in total. The topological polar surface area (TPSA) is 149 Å².